The largest absolute Gasteiger partial charge is 0.369 e. The fourth-order valence-corrected chi connectivity index (χ4v) is 2.40. The lowest BCUT2D eigenvalue weighted by molar-refractivity contribution is -0.0838. The Bertz CT molecular complexity index is 369. The van der Waals surface area contributed by atoms with E-state index in [0.717, 1.165) is 30.8 Å². The summed E-state index contributed by atoms with van der Waals surface area (Å²) in [5.74, 6) is 0. The molecule has 1 fully saturated rings. The molecule has 0 aromatic carbocycles. The Hall–Kier alpha value is -1.00. The summed E-state index contributed by atoms with van der Waals surface area (Å²) in [7, 11) is 2.00. The van der Waals surface area contributed by atoms with Crippen LogP contribution in [-0.4, -0.2) is 29.7 Å². The molecule has 4 heteroatoms. The molecule has 1 aromatic heterocycles. The second kappa shape index (κ2) is 4.47. The first-order chi connectivity index (χ1) is 7.65. The van der Waals surface area contributed by atoms with Gasteiger partial charge in [-0.2, -0.15) is 0 Å². The average molecular weight is 221 g/mol. The van der Waals surface area contributed by atoms with Crippen LogP contribution in [-0.2, 0) is 10.3 Å². The van der Waals surface area contributed by atoms with Crippen LogP contribution in [0.25, 0.3) is 0 Å². The van der Waals surface area contributed by atoms with Crippen LogP contribution in [0.15, 0.2) is 12.4 Å². The molecule has 16 heavy (non-hydrogen) atoms. The van der Waals surface area contributed by atoms with Gasteiger partial charge in [0.2, 0.25) is 0 Å². The third kappa shape index (κ3) is 2.08. The molecule has 2 unspecified atom stereocenters. The van der Waals surface area contributed by atoms with Crippen LogP contribution in [0.5, 0.6) is 0 Å². The molecule has 1 saturated heterocycles. The standard InChI is InChI=1S/C12H19N3O/c1-9-11(15-6-5-14-9)12(2)8-10(13-3)4-7-16-12/h5-6,10,13H,4,7-8H2,1-3H3. The minimum absolute atomic E-state index is 0.301. The predicted molar refractivity (Wildman–Crippen MR) is 62.2 cm³/mol. The summed E-state index contributed by atoms with van der Waals surface area (Å²) in [6, 6.07) is 0.500. The number of hydrogen-bond donors (Lipinski definition) is 1. The zero-order valence-corrected chi connectivity index (χ0v) is 10.2. The van der Waals surface area contributed by atoms with E-state index in [1.165, 1.54) is 0 Å². The predicted octanol–water partition coefficient (Wildman–Crippen LogP) is 1.40. The molecule has 0 amide bonds. The van der Waals surface area contributed by atoms with Gasteiger partial charge < -0.3 is 10.1 Å². The molecule has 0 saturated carbocycles. The first kappa shape index (κ1) is 11.5. The van der Waals surface area contributed by atoms with Crippen molar-refractivity contribution in [2.45, 2.75) is 38.3 Å². The van der Waals surface area contributed by atoms with Crippen molar-refractivity contribution in [3.63, 3.8) is 0 Å². The van der Waals surface area contributed by atoms with E-state index < -0.39 is 0 Å². The van der Waals surface area contributed by atoms with Crippen LogP contribution in [0.1, 0.15) is 31.2 Å². The Morgan fingerprint density at radius 3 is 2.88 bits per heavy atom. The zero-order chi connectivity index (χ0) is 11.6. The minimum Gasteiger partial charge on any atom is -0.369 e. The van der Waals surface area contributed by atoms with Gasteiger partial charge in [-0.3, -0.25) is 9.97 Å². The highest BCUT2D eigenvalue weighted by atomic mass is 16.5. The zero-order valence-electron chi connectivity index (χ0n) is 10.2. The Kier molecular flexibility index (Phi) is 3.21. The number of aromatic nitrogens is 2. The Balaban J connectivity index is 2.27. The van der Waals surface area contributed by atoms with E-state index in [1.54, 1.807) is 12.4 Å². The molecule has 0 spiro atoms. The summed E-state index contributed by atoms with van der Waals surface area (Å²) in [4.78, 5) is 8.71. The van der Waals surface area contributed by atoms with Gasteiger partial charge in [-0.15, -0.1) is 0 Å². The smallest absolute Gasteiger partial charge is 0.110 e. The molecule has 1 aliphatic heterocycles. The number of nitrogens with zero attached hydrogens (tertiary/aromatic N) is 2. The molecule has 0 bridgehead atoms. The van der Waals surface area contributed by atoms with Crippen molar-refractivity contribution in [2.24, 2.45) is 0 Å². The minimum atomic E-state index is -0.301. The summed E-state index contributed by atoms with van der Waals surface area (Å²) >= 11 is 0. The maximum atomic E-state index is 5.92. The number of rotatable bonds is 2. The highest BCUT2D eigenvalue weighted by Gasteiger charge is 2.36. The maximum absolute atomic E-state index is 5.92. The fourth-order valence-electron chi connectivity index (χ4n) is 2.40. The van der Waals surface area contributed by atoms with Crippen molar-refractivity contribution >= 4 is 0 Å². The van der Waals surface area contributed by atoms with Crippen molar-refractivity contribution < 1.29 is 4.74 Å². The van der Waals surface area contributed by atoms with Gasteiger partial charge in [0.05, 0.1) is 11.4 Å². The monoisotopic (exact) mass is 221 g/mol. The molecule has 0 radical (unpaired) electrons. The van der Waals surface area contributed by atoms with Gasteiger partial charge in [-0.1, -0.05) is 0 Å². The first-order valence-electron chi connectivity index (χ1n) is 5.75. The molecule has 2 atom stereocenters. The summed E-state index contributed by atoms with van der Waals surface area (Å²) in [5.41, 5.74) is 1.63. The molecule has 0 aliphatic carbocycles. The van der Waals surface area contributed by atoms with Crippen molar-refractivity contribution in [3.05, 3.63) is 23.8 Å². The fraction of sp³-hybridized carbons (Fsp3) is 0.667. The van der Waals surface area contributed by atoms with Crippen LogP contribution < -0.4 is 5.32 Å². The molecular formula is C12H19N3O. The van der Waals surface area contributed by atoms with Gasteiger partial charge in [-0.05, 0) is 33.7 Å². The lowest BCUT2D eigenvalue weighted by atomic mass is 9.88. The lowest BCUT2D eigenvalue weighted by Gasteiger charge is -2.38. The number of ether oxygens (including phenoxy) is 1. The molecule has 2 heterocycles. The molecule has 1 aromatic rings. The number of nitrogens with one attached hydrogen (secondary N) is 1. The normalized spacial score (nSPS) is 30.3. The number of aryl methyl sites for hydroxylation is 1. The molecule has 1 N–H and O–H groups in total. The third-order valence-electron chi connectivity index (χ3n) is 3.31. The maximum Gasteiger partial charge on any atom is 0.110 e. The topological polar surface area (TPSA) is 47.0 Å². The van der Waals surface area contributed by atoms with E-state index in [0.29, 0.717) is 6.04 Å². The van der Waals surface area contributed by atoms with E-state index in [2.05, 4.69) is 22.2 Å². The van der Waals surface area contributed by atoms with E-state index in [9.17, 15) is 0 Å². The van der Waals surface area contributed by atoms with Crippen molar-refractivity contribution in [3.8, 4) is 0 Å². The van der Waals surface area contributed by atoms with E-state index in [4.69, 9.17) is 4.74 Å². The van der Waals surface area contributed by atoms with Gasteiger partial charge in [-0.25, -0.2) is 0 Å². The lowest BCUT2D eigenvalue weighted by Crippen LogP contribution is -2.43. The van der Waals surface area contributed by atoms with Gasteiger partial charge >= 0.3 is 0 Å². The molecule has 88 valence electrons. The van der Waals surface area contributed by atoms with Gasteiger partial charge in [0.25, 0.3) is 0 Å². The van der Waals surface area contributed by atoms with Gasteiger partial charge in [0, 0.05) is 25.0 Å². The van der Waals surface area contributed by atoms with Crippen LogP contribution >= 0.6 is 0 Å². The average Bonchev–Trinajstić information content (AvgIpc) is 2.29. The summed E-state index contributed by atoms with van der Waals surface area (Å²) < 4.78 is 5.92. The van der Waals surface area contributed by atoms with Crippen LogP contribution in [0.2, 0.25) is 0 Å². The molecular weight excluding hydrogens is 202 g/mol. The highest BCUT2D eigenvalue weighted by Crippen LogP contribution is 2.34. The Morgan fingerprint density at radius 2 is 2.19 bits per heavy atom. The van der Waals surface area contributed by atoms with E-state index in [1.807, 2.05) is 14.0 Å². The number of hydrogen-bond acceptors (Lipinski definition) is 4. The highest BCUT2D eigenvalue weighted by molar-refractivity contribution is 5.18. The quantitative estimate of drug-likeness (QED) is 0.820. The van der Waals surface area contributed by atoms with Gasteiger partial charge in [0.15, 0.2) is 0 Å². The second-order valence-corrected chi connectivity index (χ2v) is 4.55. The molecule has 1 aliphatic rings. The summed E-state index contributed by atoms with van der Waals surface area (Å²) in [5, 5.41) is 3.32. The van der Waals surface area contributed by atoms with Crippen molar-refractivity contribution in [2.75, 3.05) is 13.7 Å². The van der Waals surface area contributed by atoms with E-state index in [-0.39, 0.29) is 5.60 Å². The first-order valence-corrected chi connectivity index (χ1v) is 5.75. The van der Waals surface area contributed by atoms with Gasteiger partial charge in [0.1, 0.15) is 5.60 Å². The SMILES string of the molecule is CNC1CCOC(C)(c2nccnc2C)C1. The Labute approximate surface area is 96.4 Å². The summed E-state index contributed by atoms with van der Waals surface area (Å²) in [6.45, 7) is 4.87. The molecule has 4 nitrogen and oxygen atoms in total. The molecule has 2 rings (SSSR count). The van der Waals surface area contributed by atoms with Crippen LogP contribution in [0.3, 0.4) is 0 Å². The van der Waals surface area contributed by atoms with Crippen molar-refractivity contribution in [1.82, 2.24) is 15.3 Å². The second-order valence-electron chi connectivity index (χ2n) is 4.55. The van der Waals surface area contributed by atoms with Crippen molar-refractivity contribution in [1.29, 1.82) is 0 Å². The summed E-state index contributed by atoms with van der Waals surface area (Å²) in [6.07, 6.45) is 5.47. The van der Waals surface area contributed by atoms with Crippen LogP contribution in [0.4, 0.5) is 0 Å². The Morgan fingerprint density at radius 1 is 1.44 bits per heavy atom. The third-order valence-corrected chi connectivity index (χ3v) is 3.31. The van der Waals surface area contributed by atoms with E-state index >= 15 is 0 Å². The van der Waals surface area contributed by atoms with Crippen LogP contribution in [0, 0.1) is 6.92 Å².